The number of amides is 1. The molecule has 0 heterocycles. The smallest absolute Gasteiger partial charge is 0.341 e. The third-order valence-corrected chi connectivity index (χ3v) is 2.71. The molecule has 0 unspecified atom stereocenters. The normalized spacial score (nSPS) is 10.0. The topological polar surface area (TPSA) is 90.6 Å². The highest BCUT2D eigenvalue weighted by Gasteiger charge is 2.15. The second-order valence-corrected chi connectivity index (χ2v) is 4.47. The molecule has 0 radical (unpaired) electrons. The summed E-state index contributed by atoms with van der Waals surface area (Å²) in [5, 5.41) is 2.73. The molecule has 1 rings (SSSR count). The number of nitrogens with two attached hydrogens (primary N) is 1. The van der Waals surface area contributed by atoms with Gasteiger partial charge in [0, 0.05) is 18.3 Å². The van der Waals surface area contributed by atoms with Crippen molar-refractivity contribution < 1.29 is 19.1 Å². The van der Waals surface area contributed by atoms with Crippen LogP contribution < -0.4 is 15.8 Å². The Morgan fingerprint density at radius 2 is 2.05 bits per heavy atom. The van der Waals surface area contributed by atoms with Crippen molar-refractivity contribution in [3.63, 3.8) is 0 Å². The van der Waals surface area contributed by atoms with Crippen LogP contribution in [-0.4, -0.2) is 31.6 Å². The van der Waals surface area contributed by atoms with Crippen molar-refractivity contribution in [1.29, 1.82) is 0 Å². The minimum atomic E-state index is -0.501. The summed E-state index contributed by atoms with van der Waals surface area (Å²) in [5.41, 5.74) is 6.38. The van der Waals surface area contributed by atoms with Crippen LogP contribution >= 0.6 is 0 Å². The van der Waals surface area contributed by atoms with Gasteiger partial charge in [0.25, 0.3) is 5.91 Å². The van der Waals surface area contributed by atoms with Gasteiger partial charge in [0.05, 0.1) is 6.61 Å². The highest BCUT2D eigenvalue weighted by molar-refractivity contribution is 5.93. The largest absolute Gasteiger partial charge is 0.483 e. The monoisotopic (exact) mass is 294 g/mol. The van der Waals surface area contributed by atoms with E-state index in [4.69, 9.17) is 15.2 Å². The molecule has 0 aliphatic carbocycles. The number of hydrogen-bond donors (Lipinski definition) is 2. The molecule has 0 saturated heterocycles. The SMILES string of the molecule is CCCCNC(=O)COc1cc(N)ccc1C(=O)OCC. The van der Waals surface area contributed by atoms with E-state index in [1.807, 2.05) is 6.92 Å². The number of ether oxygens (including phenoxy) is 2. The summed E-state index contributed by atoms with van der Waals surface area (Å²) in [6, 6.07) is 4.61. The Labute approximate surface area is 124 Å². The van der Waals surface area contributed by atoms with Crippen molar-refractivity contribution >= 4 is 17.6 Å². The lowest BCUT2D eigenvalue weighted by atomic mass is 10.2. The van der Waals surface area contributed by atoms with Gasteiger partial charge < -0.3 is 20.5 Å². The number of rotatable bonds is 8. The van der Waals surface area contributed by atoms with Crippen molar-refractivity contribution in [2.75, 3.05) is 25.5 Å². The Bertz CT molecular complexity index is 489. The maximum atomic E-state index is 11.8. The second-order valence-electron chi connectivity index (χ2n) is 4.47. The first-order valence-corrected chi connectivity index (χ1v) is 7.04. The lowest BCUT2D eigenvalue weighted by Gasteiger charge is -2.11. The van der Waals surface area contributed by atoms with E-state index in [0.717, 1.165) is 12.8 Å². The molecule has 0 atom stereocenters. The molecular formula is C15H22N2O4. The predicted octanol–water partition coefficient (Wildman–Crippen LogP) is 1.74. The average Bonchev–Trinajstić information content (AvgIpc) is 2.45. The molecule has 0 bridgehead atoms. The van der Waals surface area contributed by atoms with Crippen molar-refractivity contribution in [2.45, 2.75) is 26.7 Å². The van der Waals surface area contributed by atoms with Gasteiger partial charge in [-0.15, -0.1) is 0 Å². The standard InChI is InChI=1S/C15H22N2O4/c1-3-5-8-17-14(18)10-21-13-9-11(16)6-7-12(13)15(19)20-4-2/h6-7,9H,3-5,8,10,16H2,1-2H3,(H,17,18). The minimum Gasteiger partial charge on any atom is -0.483 e. The highest BCUT2D eigenvalue weighted by Crippen LogP contribution is 2.22. The minimum absolute atomic E-state index is 0.167. The van der Waals surface area contributed by atoms with E-state index in [9.17, 15) is 9.59 Å². The van der Waals surface area contributed by atoms with Crippen LogP contribution in [0, 0.1) is 0 Å². The summed E-state index contributed by atoms with van der Waals surface area (Å²) in [4.78, 5) is 23.4. The number of unbranched alkanes of at least 4 members (excludes halogenated alkanes) is 1. The number of carbonyl (C=O) groups excluding carboxylic acids is 2. The van der Waals surface area contributed by atoms with E-state index in [1.165, 1.54) is 12.1 Å². The van der Waals surface area contributed by atoms with E-state index < -0.39 is 5.97 Å². The first kappa shape index (κ1) is 16.8. The van der Waals surface area contributed by atoms with Crippen LogP contribution in [0.15, 0.2) is 18.2 Å². The van der Waals surface area contributed by atoms with Crippen molar-refractivity contribution in [3.8, 4) is 5.75 Å². The van der Waals surface area contributed by atoms with Gasteiger partial charge in [-0.2, -0.15) is 0 Å². The fourth-order valence-corrected chi connectivity index (χ4v) is 1.63. The quantitative estimate of drug-likeness (QED) is 0.433. The van der Waals surface area contributed by atoms with E-state index in [2.05, 4.69) is 5.32 Å². The van der Waals surface area contributed by atoms with Gasteiger partial charge in [-0.25, -0.2) is 4.79 Å². The molecule has 0 saturated carbocycles. The zero-order valence-corrected chi connectivity index (χ0v) is 12.5. The van der Waals surface area contributed by atoms with Gasteiger partial charge in [-0.3, -0.25) is 4.79 Å². The first-order valence-electron chi connectivity index (χ1n) is 7.04. The summed E-state index contributed by atoms with van der Waals surface area (Å²) in [6.45, 7) is 4.47. The van der Waals surface area contributed by atoms with Gasteiger partial charge >= 0.3 is 5.97 Å². The van der Waals surface area contributed by atoms with Crippen LogP contribution in [0.4, 0.5) is 5.69 Å². The summed E-state index contributed by atoms with van der Waals surface area (Å²) in [7, 11) is 0. The molecule has 21 heavy (non-hydrogen) atoms. The number of esters is 1. The zero-order chi connectivity index (χ0) is 15.7. The Morgan fingerprint density at radius 3 is 2.71 bits per heavy atom. The number of nitrogens with one attached hydrogen (secondary N) is 1. The molecule has 6 nitrogen and oxygen atoms in total. The molecular weight excluding hydrogens is 272 g/mol. The molecule has 0 spiro atoms. The Balaban J connectivity index is 2.66. The summed E-state index contributed by atoms with van der Waals surface area (Å²) < 4.78 is 10.3. The Hall–Kier alpha value is -2.24. The summed E-state index contributed by atoms with van der Waals surface area (Å²) in [6.07, 6.45) is 1.92. The predicted molar refractivity (Wildman–Crippen MR) is 80.2 cm³/mol. The molecule has 0 aromatic heterocycles. The highest BCUT2D eigenvalue weighted by atomic mass is 16.5. The Kier molecular flexibility index (Phi) is 7.08. The molecule has 0 aliphatic rings. The van der Waals surface area contributed by atoms with E-state index in [-0.39, 0.29) is 30.4 Å². The first-order chi connectivity index (χ1) is 10.1. The third kappa shape index (κ3) is 5.72. The lowest BCUT2D eigenvalue weighted by molar-refractivity contribution is -0.123. The van der Waals surface area contributed by atoms with Crippen molar-refractivity contribution in [2.24, 2.45) is 0 Å². The van der Waals surface area contributed by atoms with Gasteiger partial charge in [-0.1, -0.05) is 13.3 Å². The van der Waals surface area contributed by atoms with Crippen LogP contribution in [0.25, 0.3) is 0 Å². The molecule has 6 heteroatoms. The molecule has 116 valence electrons. The van der Waals surface area contributed by atoms with Crippen molar-refractivity contribution in [3.05, 3.63) is 23.8 Å². The van der Waals surface area contributed by atoms with Gasteiger partial charge in [0.2, 0.25) is 0 Å². The number of nitrogen functional groups attached to an aromatic ring is 1. The maximum Gasteiger partial charge on any atom is 0.341 e. The van der Waals surface area contributed by atoms with E-state index in [0.29, 0.717) is 12.2 Å². The van der Waals surface area contributed by atoms with Gasteiger partial charge in [0.1, 0.15) is 11.3 Å². The van der Waals surface area contributed by atoms with Gasteiger partial charge in [-0.05, 0) is 25.5 Å². The fourth-order valence-electron chi connectivity index (χ4n) is 1.63. The van der Waals surface area contributed by atoms with E-state index >= 15 is 0 Å². The summed E-state index contributed by atoms with van der Waals surface area (Å²) >= 11 is 0. The molecule has 1 aromatic carbocycles. The Morgan fingerprint density at radius 1 is 1.29 bits per heavy atom. The number of hydrogen-bond acceptors (Lipinski definition) is 5. The average molecular weight is 294 g/mol. The van der Waals surface area contributed by atoms with Crippen LogP contribution in [0.2, 0.25) is 0 Å². The van der Waals surface area contributed by atoms with Crippen LogP contribution in [0.3, 0.4) is 0 Å². The second kappa shape index (κ2) is 8.84. The van der Waals surface area contributed by atoms with Gasteiger partial charge in [0.15, 0.2) is 6.61 Å². The van der Waals surface area contributed by atoms with Crippen molar-refractivity contribution in [1.82, 2.24) is 5.32 Å². The maximum absolute atomic E-state index is 11.8. The zero-order valence-electron chi connectivity index (χ0n) is 12.5. The molecule has 1 aromatic rings. The van der Waals surface area contributed by atoms with E-state index in [1.54, 1.807) is 13.0 Å². The molecule has 0 aliphatic heterocycles. The molecule has 3 N–H and O–H groups in total. The summed E-state index contributed by atoms with van der Waals surface area (Å²) in [5.74, 6) is -0.487. The van der Waals surface area contributed by atoms with Crippen LogP contribution in [0.5, 0.6) is 5.75 Å². The fraction of sp³-hybridized carbons (Fsp3) is 0.467. The third-order valence-electron chi connectivity index (χ3n) is 2.71. The number of anilines is 1. The molecule has 0 fully saturated rings. The molecule has 1 amide bonds. The lowest BCUT2D eigenvalue weighted by Crippen LogP contribution is -2.29. The van der Waals surface area contributed by atoms with Crippen LogP contribution in [0.1, 0.15) is 37.0 Å². The number of benzene rings is 1. The van der Waals surface area contributed by atoms with Crippen LogP contribution in [-0.2, 0) is 9.53 Å². The number of carbonyl (C=O) groups is 2.